The van der Waals surface area contributed by atoms with E-state index in [2.05, 4.69) is 14.1 Å². The van der Waals surface area contributed by atoms with E-state index < -0.39 is 0 Å². The van der Waals surface area contributed by atoms with Gasteiger partial charge in [-0.3, -0.25) is 0 Å². The van der Waals surface area contributed by atoms with Gasteiger partial charge >= 0.3 is 0 Å². The van der Waals surface area contributed by atoms with Crippen LogP contribution in [0.2, 0.25) is 5.15 Å². The number of aromatic nitrogens is 2. The lowest BCUT2D eigenvalue weighted by Gasteiger charge is -2.09. The van der Waals surface area contributed by atoms with E-state index in [9.17, 15) is 5.11 Å². The standard InChI is InChI=1S/C7H10ClN3OS/c8-6-7(11-13-10-6)9-3-5(12)4-1-2-4/h4-5,12H,1-3H2,(H,9,11). The zero-order chi connectivity index (χ0) is 9.26. The molecule has 0 aliphatic heterocycles. The molecular weight excluding hydrogens is 210 g/mol. The molecule has 13 heavy (non-hydrogen) atoms. The van der Waals surface area contributed by atoms with Gasteiger partial charge in [0.1, 0.15) is 0 Å². The lowest BCUT2D eigenvalue weighted by molar-refractivity contribution is 0.164. The summed E-state index contributed by atoms with van der Waals surface area (Å²) in [7, 11) is 0. The summed E-state index contributed by atoms with van der Waals surface area (Å²) < 4.78 is 7.75. The van der Waals surface area contributed by atoms with Crippen LogP contribution in [0.5, 0.6) is 0 Å². The predicted molar refractivity (Wildman–Crippen MR) is 52.1 cm³/mol. The molecule has 4 nitrogen and oxygen atoms in total. The summed E-state index contributed by atoms with van der Waals surface area (Å²) in [5.41, 5.74) is 0. The van der Waals surface area contributed by atoms with Gasteiger partial charge in [0.15, 0.2) is 11.0 Å². The molecule has 0 aromatic carbocycles. The molecular formula is C7H10ClN3OS. The number of halogens is 1. The van der Waals surface area contributed by atoms with Crippen molar-refractivity contribution in [1.82, 2.24) is 8.75 Å². The number of nitrogens with one attached hydrogen (secondary N) is 1. The van der Waals surface area contributed by atoms with E-state index in [1.165, 1.54) is 0 Å². The van der Waals surface area contributed by atoms with Crippen molar-refractivity contribution >= 4 is 29.1 Å². The third-order valence-corrected chi connectivity index (χ3v) is 2.99. The van der Waals surface area contributed by atoms with Crippen molar-refractivity contribution in [3.05, 3.63) is 5.15 Å². The van der Waals surface area contributed by atoms with Crippen LogP contribution in [0.25, 0.3) is 0 Å². The van der Waals surface area contributed by atoms with Gasteiger partial charge in [0.25, 0.3) is 0 Å². The quantitative estimate of drug-likeness (QED) is 0.803. The molecule has 1 aromatic heterocycles. The molecule has 2 rings (SSSR count). The van der Waals surface area contributed by atoms with Crippen LogP contribution >= 0.6 is 23.3 Å². The van der Waals surface area contributed by atoms with Gasteiger partial charge in [0, 0.05) is 6.54 Å². The van der Waals surface area contributed by atoms with Crippen molar-refractivity contribution < 1.29 is 5.11 Å². The Bertz CT molecular complexity index is 289. The van der Waals surface area contributed by atoms with Gasteiger partial charge in [-0.05, 0) is 18.8 Å². The maximum atomic E-state index is 9.53. The van der Waals surface area contributed by atoms with Crippen molar-refractivity contribution in [3.63, 3.8) is 0 Å². The van der Waals surface area contributed by atoms with Crippen LogP contribution in [-0.2, 0) is 0 Å². The molecule has 1 unspecified atom stereocenters. The van der Waals surface area contributed by atoms with Gasteiger partial charge in [-0.1, -0.05) is 11.6 Å². The van der Waals surface area contributed by atoms with Crippen LogP contribution < -0.4 is 5.32 Å². The highest BCUT2D eigenvalue weighted by Gasteiger charge is 2.29. The molecule has 1 saturated carbocycles. The molecule has 0 amide bonds. The summed E-state index contributed by atoms with van der Waals surface area (Å²) in [5, 5.41) is 12.9. The number of aliphatic hydroxyl groups excluding tert-OH is 1. The Balaban J connectivity index is 1.81. The molecule has 1 aliphatic rings. The maximum Gasteiger partial charge on any atom is 0.186 e. The van der Waals surface area contributed by atoms with Crippen LogP contribution in [0.3, 0.4) is 0 Å². The normalized spacial score (nSPS) is 18.6. The summed E-state index contributed by atoms with van der Waals surface area (Å²) in [6, 6.07) is 0. The first-order valence-electron chi connectivity index (χ1n) is 4.17. The summed E-state index contributed by atoms with van der Waals surface area (Å²) in [6.45, 7) is 0.510. The number of aliphatic hydroxyl groups is 1. The van der Waals surface area contributed by atoms with Gasteiger partial charge < -0.3 is 10.4 Å². The Kier molecular flexibility index (Phi) is 2.66. The van der Waals surface area contributed by atoms with E-state index in [0.717, 1.165) is 24.6 Å². The zero-order valence-electron chi connectivity index (χ0n) is 6.90. The molecule has 1 aromatic rings. The van der Waals surface area contributed by atoms with E-state index in [1.807, 2.05) is 0 Å². The third-order valence-electron chi connectivity index (χ3n) is 2.09. The smallest absolute Gasteiger partial charge is 0.186 e. The fourth-order valence-corrected chi connectivity index (χ4v) is 1.82. The second kappa shape index (κ2) is 3.77. The van der Waals surface area contributed by atoms with E-state index in [4.69, 9.17) is 11.6 Å². The number of nitrogens with zero attached hydrogens (tertiary/aromatic N) is 2. The van der Waals surface area contributed by atoms with Gasteiger partial charge in [-0.15, -0.1) is 0 Å². The Morgan fingerprint density at radius 2 is 2.38 bits per heavy atom. The second-order valence-electron chi connectivity index (χ2n) is 3.19. The molecule has 1 fully saturated rings. The van der Waals surface area contributed by atoms with Crippen molar-refractivity contribution in [2.24, 2.45) is 5.92 Å². The largest absolute Gasteiger partial charge is 0.391 e. The Labute approximate surface area is 85.3 Å². The van der Waals surface area contributed by atoms with Gasteiger partial charge in [-0.2, -0.15) is 8.75 Å². The minimum absolute atomic E-state index is 0.280. The average molecular weight is 220 g/mol. The van der Waals surface area contributed by atoms with Crippen LogP contribution in [0, 0.1) is 5.92 Å². The first kappa shape index (κ1) is 9.18. The average Bonchev–Trinajstić information content (AvgIpc) is 2.88. The minimum atomic E-state index is -0.280. The van der Waals surface area contributed by atoms with Crippen molar-refractivity contribution in [3.8, 4) is 0 Å². The van der Waals surface area contributed by atoms with E-state index >= 15 is 0 Å². The van der Waals surface area contributed by atoms with E-state index in [1.54, 1.807) is 0 Å². The predicted octanol–water partition coefficient (Wildman–Crippen LogP) is 1.37. The Morgan fingerprint density at radius 1 is 1.62 bits per heavy atom. The summed E-state index contributed by atoms with van der Waals surface area (Å²) >= 11 is 6.78. The van der Waals surface area contributed by atoms with Gasteiger partial charge in [0.2, 0.25) is 0 Å². The third kappa shape index (κ3) is 2.30. The summed E-state index contributed by atoms with van der Waals surface area (Å²) in [4.78, 5) is 0. The van der Waals surface area contributed by atoms with Crippen LogP contribution in [0.1, 0.15) is 12.8 Å². The Morgan fingerprint density at radius 3 is 2.92 bits per heavy atom. The highest BCUT2D eigenvalue weighted by Crippen LogP contribution is 2.32. The van der Waals surface area contributed by atoms with Crippen LogP contribution in [0.15, 0.2) is 0 Å². The van der Waals surface area contributed by atoms with Gasteiger partial charge in [-0.25, -0.2) is 0 Å². The van der Waals surface area contributed by atoms with Crippen LogP contribution in [0.4, 0.5) is 5.82 Å². The van der Waals surface area contributed by atoms with Gasteiger partial charge in [0.05, 0.1) is 17.8 Å². The molecule has 0 bridgehead atoms. The summed E-state index contributed by atoms with van der Waals surface area (Å²) in [5.74, 6) is 1.05. The van der Waals surface area contributed by atoms with E-state index in [0.29, 0.717) is 23.4 Å². The monoisotopic (exact) mass is 219 g/mol. The highest BCUT2D eigenvalue weighted by molar-refractivity contribution is 6.99. The van der Waals surface area contributed by atoms with Crippen molar-refractivity contribution in [1.29, 1.82) is 0 Å². The lowest BCUT2D eigenvalue weighted by atomic mass is 10.2. The molecule has 0 spiro atoms. The molecule has 1 heterocycles. The minimum Gasteiger partial charge on any atom is -0.391 e. The molecule has 1 atom stereocenters. The molecule has 0 radical (unpaired) electrons. The van der Waals surface area contributed by atoms with Crippen molar-refractivity contribution in [2.75, 3.05) is 11.9 Å². The summed E-state index contributed by atoms with van der Waals surface area (Å²) in [6.07, 6.45) is 1.98. The topological polar surface area (TPSA) is 58.0 Å². The van der Waals surface area contributed by atoms with E-state index in [-0.39, 0.29) is 6.10 Å². The van der Waals surface area contributed by atoms with Crippen molar-refractivity contribution in [2.45, 2.75) is 18.9 Å². The number of hydrogen-bond acceptors (Lipinski definition) is 5. The fourth-order valence-electron chi connectivity index (χ4n) is 1.13. The SMILES string of the molecule is OC(CNc1nsnc1Cl)C1CC1. The molecule has 72 valence electrons. The first-order chi connectivity index (χ1) is 6.27. The molecule has 1 aliphatic carbocycles. The lowest BCUT2D eigenvalue weighted by Crippen LogP contribution is -2.21. The first-order valence-corrected chi connectivity index (χ1v) is 5.28. The Hall–Kier alpha value is -0.390. The zero-order valence-corrected chi connectivity index (χ0v) is 8.48. The highest BCUT2D eigenvalue weighted by atomic mass is 35.5. The van der Waals surface area contributed by atoms with Crippen LogP contribution in [-0.4, -0.2) is 26.5 Å². The molecule has 0 saturated heterocycles. The molecule has 2 N–H and O–H groups in total. The number of anilines is 1. The fraction of sp³-hybridized carbons (Fsp3) is 0.714. The number of rotatable bonds is 4. The number of hydrogen-bond donors (Lipinski definition) is 2. The second-order valence-corrected chi connectivity index (χ2v) is 4.08. The molecule has 6 heteroatoms. The maximum absolute atomic E-state index is 9.53.